The summed E-state index contributed by atoms with van der Waals surface area (Å²) in [5.74, 6) is -0.853. The minimum absolute atomic E-state index is 0.0241. The van der Waals surface area contributed by atoms with E-state index >= 15 is 4.39 Å². The van der Waals surface area contributed by atoms with E-state index in [1.807, 2.05) is 11.0 Å². The van der Waals surface area contributed by atoms with Gasteiger partial charge >= 0.3 is 0 Å². The summed E-state index contributed by atoms with van der Waals surface area (Å²) in [5, 5.41) is 16.1. The zero-order chi connectivity index (χ0) is 43.4. The number of nitrogens with one attached hydrogen (secondary N) is 1. The number of nitrogens with zero attached hydrogens (tertiary/aromatic N) is 10. The Hall–Kier alpha value is -5.36. The number of azide groups is 1. The first-order valence-corrected chi connectivity index (χ1v) is 20.0. The molecule has 0 spiro atoms. The number of hydrogen-bond donors (Lipinski definition) is 1. The predicted molar refractivity (Wildman–Crippen MR) is 221 cm³/mol. The summed E-state index contributed by atoms with van der Waals surface area (Å²) in [7, 11) is 0. The van der Waals surface area contributed by atoms with E-state index in [4.69, 9.17) is 45.6 Å². The van der Waals surface area contributed by atoms with Gasteiger partial charge in [-0.3, -0.25) is 4.79 Å². The number of amides is 1. The van der Waals surface area contributed by atoms with Crippen LogP contribution in [0.1, 0.15) is 29.8 Å². The summed E-state index contributed by atoms with van der Waals surface area (Å²) in [5.41, 5.74) is 10.3. The standard InChI is InChI=1S/C40H48ClF2N11O7/c1-27(31-21-29(23-44)3-4-32(31)42)50-39-36(41)28(2)49-34-22-33(43)37(51-38(34)39)30-24-46-40(47-25-30)54-8-6-53(7-9-54)35(55)26-61-20-19-60-18-17-59-16-15-58-14-13-57-12-11-56-10-5-48-52-45/h3-4,21-22,24-25,27H,5-20,26H2,1-2H3,(H,49,50)/t27-/m1/s1. The van der Waals surface area contributed by atoms with Gasteiger partial charge in [0.05, 0.1) is 112 Å². The molecule has 0 radical (unpaired) electrons. The van der Waals surface area contributed by atoms with Crippen LogP contribution in [0.15, 0.2) is 41.8 Å². The van der Waals surface area contributed by atoms with Gasteiger partial charge in [0, 0.05) is 67.2 Å². The van der Waals surface area contributed by atoms with Crippen molar-refractivity contribution in [3.8, 4) is 17.3 Å². The lowest BCUT2D eigenvalue weighted by Gasteiger charge is -2.34. The number of nitriles is 1. The molecular formula is C40H48ClF2N11O7. The number of aromatic nitrogens is 4. The van der Waals surface area contributed by atoms with Crippen molar-refractivity contribution < 1.29 is 42.0 Å². The Labute approximate surface area is 356 Å². The fourth-order valence-electron chi connectivity index (χ4n) is 6.10. The van der Waals surface area contributed by atoms with Crippen molar-refractivity contribution >= 4 is 40.2 Å². The molecule has 4 heterocycles. The highest BCUT2D eigenvalue weighted by Crippen LogP contribution is 2.36. The van der Waals surface area contributed by atoms with E-state index in [1.165, 1.54) is 36.7 Å². The largest absolute Gasteiger partial charge is 0.379 e. The Morgan fingerprint density at radius 1 is 0.902 bits per heavy atom. The van der Waals surface area contributed by atoms with Crippen LogP contribution in [0.25, 0.3) is 32.7 Å². The quantitative estimate of drug-likeness (QED) is 0.0381. The molecule has 0 unspecified atom stereocenters. The number of halogens is 3. The summed E-state index contributed by atoms with van der Waals surface area (Å²) in [6.07, 6.45) is 2.96. The maximum Gasteiger partial charge on any atom is 0.248 e. The second-order valence-corrected chi connectivity index (χ2v) is 13.9. The third-order valence-corrected chi connectivity index (χ3v) is 9.74. The number of carbonyl (C=O) groups is 1. The van der Waals surface area contributed by atoms with Crippen LogP contribution in [0.4, 0.5) is 20.4 Å². The lowest BCUT2D eigenvalue weighted by molar-refractivity contribution is -0.137. The zero-order valence-corrected chi connectivity index (χ0v) is 34.8. The third kappa shape index (κ3) is 14.1. The molecule has 3 aromatic heterocycles. The molecule has 1 fully saturated rings. The molecule has 5 rings (SSSR count). The molecule has 1 atom stereocenters. The van der Waals surface area contributed by atoms with Crippen LogP contribution in [0, 0.1) is 29.9 Å². The SMILES string of the molecule is Cc1nc2cc(F)c(-c3cnc(N4CCN(C(=O)COCCOCCOCCOCCOCCOCCN=[N+]=[N-])CC4)nc3)nc2c(N[C@H](C)c2cc(C#N)ccc2F)c1Cl. The molecule has 0 aliphatic carbocycles. The number of aryl methyl sites for hydroxylation is 1. The van der Waals surface area contributed by atoms with Crippen molar-refractivity contribution in [1.82, 2.24) is 24.8 Å². The molecule has 1 aromatic carbocycles. The highest BCUT2D eigenvalue weighted by molar-refractivity contribution is 6.35. The number of ether oxygens (including phenoxy) is 6. The molecule has 1 saturated heterocycles. The molecule has 21 heteroatoms. The Morgan fingerprint density at radius 2 is 1.49 bits per heavy atom. The highest BCUT2D eigenvalue weighted by atomic mass is 35.5. The van der Waals surface area contributed by atoms with E-state index in [2.05, 4.69) is 35.3 Å². The topological polar surface area (TPSA) is 215 Å². The van der Waals surface area contributed by atoms with Gasteiger partial charge in [-0.2, -0.15) is 5.26 Å². The van der Waals surface area contributed by atoms with Crippen LogP contribution in [-0.2, 0) is 33.2 Å². The predicted octanol–water partition coefficient (Wildman–Crippen LogP) is 5.43. The number of anilines is 2. The molecule has 1 N–H and O–H groups in total. The smallest absolute Gasteiger partial charge is 0.248 e. The lowest BCUT2D eigenvalue weighted by atomic mass is 10.0. The van der Waals surface area contributed by atoms with Crippen LogP contribution < -0.4 is 10.2 Å². The van der Waals surface area contributed by atoms with E-state index in [0.717, 1.165) is 0 Å². The number of rotatable bonds is 25. The maximum absolute atomic E-state index is 15.5. The van der Waals surface area contributed by atoms with E-state index < -0.39 is 17.7 Å². The molecule has 0 saturated carbocycles. The van der Waals surface area contributed by atoms with Crippen molar-refractivity contribution in [1.29, 1.82) is 5.26 Å². The molecule has 1 aliphatic rings. The van der Waals surface area contributed by atoms with Crippen LogP contribution in [0.5, 0.6) is 0 Å². The molecular weight excluding hydrogens is 820 g/mol. The van der Waals surface area contributed by atoms with E-state index in [0.29, 0.717) is 127 Å². The monoisotopic (exact) mass is 867 g/mol. The molecule has 1 amide bonds. The van der Waals surface area contributed by atoms with Gasteiger partial charge in [-0.25, -0.2) is 28.7 Å². The number of carbonyl (C=O) groups excluding carboxylic acids is 1. The number of piperazine rings is 1. The first-order chi connectivity index (χ1) is 29.7. The van der Waals surface area contributed by atoms with Crippen LogP contribution >= 0.6 is 11.6 Å². The molecule has 1 aliphatic heterocycles. The lowest BCUT2D eigenvalue weighted by Crippen LogP contribution is -2.50. The van der Waals surface area contributed by atoms with E-state index in [-0.39, 0.29) is 46.4 Å². The summed E-state index contributed by atoms with van der Waals surface area (Å²) in [6.45, 7) is 9.81. The molecule has 4 aromatic rings. The number of hydrogen-bond acceptors (Lipinski definition) is 15. The van der Waals surface area contributed by atoms with Crippen molar-refractivity contribution in [2.75, 3.05) is 122 Å². The maximum atomic E-state index is 15.5. The fourth-order valence-corrected chi connectivity index (χ4v) is 6.29. The Kier molecular flexibility index (Phi) is 19.0. The first kappa shape index (κ1) is 46.7. The molecule has 326 valence electrons. The number of benzene rings is 1. The van der Waals surface area contributed by atoms with Crippen molar-refractivity contribution in [2.24, 2.45) is 5.11 Å². The molecule has 0 bridgehead atoms. The first-order valence-electron chi connectivity index (χ1n) is 19.6. The van der Waals surface area contributed by atoms with Gasteiger partial charge in [0.1, 0.15) is 23.6 Å². The summed E-state index contributed by atoms with van der Waals surface area (Å²) in [6, 6.07) is 6.72. The van der Waals surface area contributed by atoms with Gasteiger partial charge in [0.15, 0.2) is 5.82 Å². The van der Waals surface area contributed by atoms with Crippen LogP contribution in [0.2, 0.25) is 5.02 Å². The van der Waals surface area contributed by atoms with Gasteiger partial charge in [0.2, 0.25) is 11.9 Å². The third-order valence-electron chi connectivity index (χ3n) is 9.28. The Bertz CT molecular complexity index is 2140. The normalized spacial score (nSPS) is 13.2. The van der Waals surface area contributed by atoms with E-state index in [1.54, 1.807) is 18.7 Å². The second kappa shape index (κ2) is 24.8. The summed E-state index contributed by atoms with van der Waals surface area (Å²) in [4.78, 5) is 37.0. The fraction of sp³-hybridized carbons (Fsp3) is 0.500. The van der Waals surface area contributed by atoms with Crippen LogP contribution in [-0.4, -0.2) is 143 Å². The summed E-state index contributed by atoms with van der Waals surface area (Å²) < 4.78 is 62.8. The van der Waals surface area contributed by atoms with Crippen molar-refractivity contribution in [3.63, 3.8) is 0 Å². The van der Waals surface area contributed by atoms with Gasteiger partial charge in [0.25, 0.3) is 0 Å². The minimum atomic E-state index is -0.642. The molecule has 61 heavy (non-hydrogen) atoms. The minimum Gasteiger partial charge on any atom is -0.379 e. The Balaban J connectivity index is 0.992. The number of fused-ring (bicyclic) bond motifs is 1. The van der Waals surface area contributed by atoms with E-state index in [9.17, 15) is 14.4 Å². The van der Waals surface area contributed by atoms with Crippen molar-refractivity contribution in [3.05, 3.63) is 80.6 Å². The average molecular weight is 868 g/mol. The zero-order valence-electron chi connectivity index (χ0n) is 34.0. The van der Waals surface area contributed by atoms with Gasteiger partial charge in [-0.05, 0) is 37.6 Å². The van der Waals surface area contributed by atoms with Crippen molar-refractivity contribution in [2.45, 2.75) is 19.9 Å². The van der Waals surface area contributed by atoms with Gasteiger partial charge in [-0.15, -0.1) is 0 Å². The molecule has 18 nitrogen and oxygen atoms in total. The Morgan fingerprint density at radius 3 is 2.08 bits per heavy atom. The van der Waals surface area contributed by atoms with Gasteiger partial charge in [-0.1, -0.05) is 16.7 Å². The number of pyridine rings is 2. The average Bonchev–Trinajstić information content (AvgIpc) is 3.27. The highest BCUT2D eigenvalue weighted by Gasteiger charge is 2.24. The summed E-state index contributed by atoms with van der Waals surface area (Å²) >= 11 is 6.68. The second-order valence-electron chi connectivity index (χ2n) is 13.5. The van der Waals surface area contributed by atoms with Gasteiger partial charge < -0.3 is 43.5 Å². The van der Waals surface area contributed by atoms with Crippen LogP contribution in [0.3, 0.4) is 0 Å².